The topological polar surface area (TPSA) is 9.23 Å². The fourth-order valence-corrected chi connectivity index (χ4v) is 3.38. The van der Waals surface area contributed by atoms with Crippen LogP contribution in [0.5, 0.6) is 0 Å². The molecule has 109 valence electrons. The van der Waals surface area contributed by atoms with Crippen LogP contribution in [0.25, 0.3) is 0 Å². The van der Waals surface area contributed by atoms with E-state index < -0.39 is 0 Å². The van der Waals surface area contributed by atoms with Crippen LogP contribution < -0.4 is 0 Å². The van der Waals surface area contributed by atoms with Crippen molar-refractivity contribution in [1.82, 2.24) is 0 Å². The van der Waals surface area contributed by atoms with Crippen LogP contribution in [0.1, 0.15) is 30.4 Å². The van der Waals surface area contributed by atoms with Crippen LogP contribution in [-0.4, -0.2) is 11.7 Å². The molecule has 0 bridgehead atoms. The predicted octanol–water partition coefficient (Wildman–Crippen LogP) is 4.61. The Kier molecular flexibility index (Phi) is 4.40. The van der Waals surface area contributed by atoms with E-state index in [4.69, 9.17) is 4.74 Å². The molecule has 0 saturated carbocycles. The van der Waals surface area contributed by atoms with E-state index >= 15 is 0 Å². The molecule has 1 heterocycles. The van der Waals surface area contributed by atoms with Gasteiger partial charge in [-0.25, -0.2) is 0 Å². The fourth-order valence-electron chi connectivity index (χ4n) is 3.38. The molecule has 2 aromatic rings. The Hall–Kier alpha value is -1.60. The summed E-state index contributed by atoms with van der Waals surface area (Å²) in [7, 11) is 0. The summed E-state index contributed by atoms with van der Waals surface area (Å²) in [5.41, 5.74) is 2.60. The first-order valence-electron chi connectivity index (χ1n) is 7.85. The zero-order valence-corrected chi connectivity index (χ0v) is 12.5. The molecule has 1 radical (unpaired) electrons. The summed E-state index contributed by atoms with van der Waals surface area (Å²) in [5.74, 6) is 0. The van der Waals surface area contributed by atoms with E-state index in [9.17, 15) is 0 Å². The minimum Gasteiger partial charge on any atom is -0.371 e. The van der Waals surface area contributed by atoms with Gasteiger partial charge in [-0.05, 0) is 37.3 Å². The molecule has 0 N–H and O–H groups in total. The third-order valence-corrected chi connectivity index (χ3v) is 4.31. The van der Waals surface area contributed by atoms with E-state index in [1.807, 2.05) is 0 Å². The Morgan fingerprint density at radius 1 is 0.905 bits per heavy atom. The van der Waals surface area contributed by atoms with Crippen molar-refractivity contribution < 1.29 is 4.74 Å². The highest BCUT2D eigenvalue weighted by atomic mass is 16.5. The average Bonchev–Trinajstić information content (AvgIpc) is 2.49. The molecule has 1 nitrogen and oxygen atoms in total. The van der Waals surface area contributed by atoms with Crippen molar-refractivity contribution in [2.24, 2.45) is 0 Å². The maximum absolute atomic E-state index is 6.37. The van der Waals surface area contributed by atoms with E-state index in [1.54, 1.807) is 0 Å². The van der Waals surface area contributed by atoms with E-state index in [0.717, 1.165) is 25.7 Å². The summed E-state index contributed by atoms with van der Waals surface area (Å²) in [5, 5.41) is 0. The van der Waals surface area contributed by atoms with E-state index in [1.165, 1.54) is 17.5 Å². The van der Waals surface area contributed by atoms with Crippen molar-refractivity contribution in [1.29, 1.82) is 0 Å². The second-order valence-corrected chi connectivity index (χ2v) is 6.14. The van der Waals surface area contributed by atoms with E-state index in [2.05, 4.69) is 67.6 Å². The van der Waals surface area contributed by atoms with Crippen LogP contribution in [-0.2, 0) is 17.6 Å². The first kappa shape index (κ1) is 14.3. The minimum atomic E-state index is -0.104. The first-order valence-corrected chi connectivity index (χ1v) is 7.85. The summed E-state index contributed by atoms with van der Waals surface area (Å²) in [6.45, 7) is 4.15. The van der Waals surface area contributed by atoms with Crippen molar-refractivity contribution in [3.63, 3.8) is 0 Å². The van der Waals surface area contributed by atoms with Crippen LogP contribution in [0.2, 0.25) is 0 Å². The Morgan fingerprint density at radius 3 is 1.90 bits per heavy atom. The van der Waals surface area contributed by atoms with Gasteiger partial charge in [0.1, 0.15) is 0 Å². The smallest absolute Gasteiger partial charge is 0.0766 e. The highest BCUT2D eigenvalue weighted by Gasteiger charge is 2.36. The molecule has 1 atom stereocenters. The molecule has 1 unspecified atom stereocenters. The van der Waals surface area contributed by atoms with E-state index in [0.29, 0.717) is 0 Å². The maximum atomic E-state index is 6.37. The van der Waals surface area contributed by atoms with Crippen LogP contribution in [0.15, 0.2) is 60.7 Å². The Balaban J connectivity index is 1.84. The average molecular weight is 279 g/mol. The van der Waals surface area contributed by atoms with Crippen LogP contribution >= 0.6 is 0 Å². The van der Waals surface area contributed by atoms with Gasteiger partial charge in [0, 0.05) is 12.8 Å². The molecule has 1 aliphatic heterocycles. The molecule has 1 fully saturated rings. The second kappa shape index (κ2) is 6.44. The molecule has 1 saturated heterocycles. The molecular formula is C20H23O. The normalized spacial score (nSPS) is 21.1. The van der Waals surface area contributed by atoms with Crippen molar-refractivity contribution in [3.05, 3.63) is 78.7 Å². The molecule has 0 aliphatic carbocycles. The quantitative estimate of drug-likeness (QED) is 0.794. The lowest BCUT2D eigenvalue weighted by atomic mass is 9.81. The summed E-state index contributed by atoms with van der Waals surface area (Å²) >= 11 is 0. The SMILES string of the molecule is [CH2]C1CCCC(Cc2ccccc2)(Cc2ccccc2)O1. The number of ether oxygens (including phenoxy) is 1. The van der Waals surface area contributed by atoms with Gasteiger partial charge >= 0.3 is 0 Å². The summed E-state index contributed by atoms with van der Waals surface area (Å²) in [6.07, 6.45) is 5.44. The minimum absolute atomic E-state index is 0.104. The lowest BCUT2D eigenvalue weighted by molar-refractivity contribution is -0.110. The zero-order chi connectivity index (χ0) is 14.5. The molecule has 21 heavy (non-hydrogen) atoms. The van der Waals surface area contributed by atoms with Gasteiger partial charge in [0.15, 0.2) is 0 Å². The predicted molar refractivity (Wildman–Crippen MR) is 87.1 cm³/mol. The number of hydrogen-bond donors (Lipinski definition) is 0. The molecule has 1 aliphatic rings. The second-order valence-electron chi connectivity index (χ2n) is 6.14. The Labute approximate surface area is 128 Å². The molecule has 0 spiro atoms. The molecule has 1 heteroatoms. The molecule has 0 aromatic heterocycles. The van der Waals surface area contributed by atoms with Crippen molar-refractivity contribution in [3.8, 4) is 0 Å². The van der Waals surface area contributed by atoms with Gasteiger partial charge in [0.25, 0.3) is 0 Å². The number of rotatable bonds is 4. The largest absolute Gasteiger partial charge is 0.371 e. The third-order valence-electron chi connectivity index (χ3n) is 4.31. The number of hydrogen-bond acceptors (Lipinski definition) is 1. The standard InChI is InChI=1S/C20H23O/c1-17-9-8-14-20(21-17,15-18-10-4-2-5-11-18)16-19-12-6-3-7-13-19/h2-7,10-13,17H,1,8-9,14-16H2. The highest BCUT2D eigenvalue weighted by molar-refractivity contribution is 5.22. The van der Waals surface area contributed by atoms with Crippen LogP contribution in [0, 0.1) is 6.92 Å². The summed E-state index contributed by atoms with van der Waals surface area (Å²) < 4.78 is 6.37. The third kappa shape index (κ3) is 3.74. The van der Waals surface area contributed by atoms with Gasteiger partial charge in [0.2, 0.25) is 0 Å². The highest BCUT2D eigenvalue weighted by Crippen LogP contribution is 2.34. The van der Waals surface area contributed by atoms with Crippen molar-refractivity contribution in [2.45, 2.75) is 43.8 Å². The first-order chi connectivity index (χ1) is 10.3. The maximum Gasteiger partial charge on any atom is 0.0766 e. The van der Waals surface area contributed by atoms with Gasteiger partial charge < -0.3 is 4.74 Å². The zero-order valence-electron chi connectivity index (χ0n) is 12.5. The summed E-state index contributed by atoms with van der Waals surface area (Å²) in [4.78, 5) is 0. The van der Waals surface area contributed by atoms with Crippen LogP contribution in [0.3, 0.4) is 0 Å². The molecule has 3 rings (SSSR count). The lowest BCUT2D eigenvalue weighted by Gasteiger charge is -2.41. The van der Waals surface area contributed by atoms with E-state index in [-0.39, 0.29) is 11.7 Å². The Bertz CT molecular complexity index is 505. The van der Waals surface area contributed by atoms with Gasteiger partial charge in [-0.15, -0.1) is 0 Å². The monoisotopic (exact) mass is 279 g/mol. The summed E-state index contributed by atoms with van der Waals surface area (Å²) in [6, 6.07) is 21.4. The van der Waals surface area contributed by atoms with Gasteiger partial charge in [-0.2, -0.15) is 0 Å². The van der Waals surface area contributed by atoms with Crippen molar-refractivity contribution in [2.75, 3.05) is 0 Å². The van der Waals surface area contributed by atoms with Crippen LogP contribution in [0.4, 0.5) is 0 Å². The number of benzene rings is 2. The Morgan fingerprint density at radius 2 is 1.43 bits per heavy atom. The van der Waals surface area contributed by atoms with Gasteiger partial charge in [-0.3, -0.25) is 0 Å². The van der Waals surface area contributed by atoms with Gasteiger partial charge in [0.05, 0.1) is 11.7 Å². The van der Waals surface area contributed by atoms with Gasteiger partial charge in [-0.1, -0.05) is 60.7 Å². The fraction of sp³-hybridized carbons (Fsp3) is 0.350. The molecule has 0 amide bonds. The molecular weight excluding hydrogens is 256 g/mol. The van der Waals surface area contributed by atoms with Crippen molar-refractivity contribution >= 4 is 0 Å². The lowest BCUT2D eigenvalue weighted by Crippen LogP contribution is -2.43. The molecule has 2 aromatic carbocycles.